The van der Waals surface area contributed by atoms with Crippen molar-refractivity contribution < 1.29 is 4.42 Å². The Morgan fingerprint density at radius 2 is 0.776 bits per heavy atom. The molecule has 272 valence electrons. The van der Waals surface area contributed by atoms with Gasteiger partial charge in [-0.25, -0.2) is 0 Å². The van der Waals surface area contributed by atoms with Crippen molar-refractivity contribution in [3.05, 3.63) is 224 Å². The second-order valence-corrected chi connectivity index (χ2v) is 14.9. The lowest BCUT2D eigenvalue weighted by Gasteiger charge is -2.28. The first-order chi connectivity index (χ1) is 28.7. The maximum absolute atomic E-state index is 6.23. The van der Waals surface area contributed by atoms with Gasteiger partial charge in [-0.1, -0.05) is 170 Å². The van der Waals surface area contributed by atoms with Gasteiger partial charge in [0.1, 0.15) is 11.2 Å². The molecule has 11 rings (SSSR count). The molecular formula is C56H37NO. The van der Waals surface area contributed by atoms with E-state index in [0.717, 1.165) is 50.1 Å². The molecule has 0 spiro atoms. The Balaban J connectivity index is 1.04. The van der Waals surface area contributed by atoms with Crippen molar-refractivity contribution in [2.24, 2.45) is 0 Å². The van der Waals surface area contributed by atoms with Crippen LogP contribution in [0.1, 0.15) is 0 Å². The van der Waals surface area contributed by atoms with Gasteiger partial charge in [-0.2, -0.15) is 0 Å². The van der Waals surface area contributed by atoms with E-state index >= 15 is 0 Å². The molecule has 0 bridgehead atoms. The lowest BCUT2D eigenvalue weighted by Crippen LogP contribution is -2.11. The monoisotopic (exact) mass is 739 g/mol. The van der Waals surface area contributed by atoms with E-state index in [4.69, 9.17) is 4.42 Å². The average molecular weight is 740 g/mol. The summed E-state index contributed by atoms with van der Waals surface area (Å²) in [5.41, 5.74) is 14.5. The molecule has 10 aromatic carbocycles. The third-order valence-electron chi connectivity index (χ3n) is 11.5. The van der Waals surface area contributed by atoms with Crippen LogP contribution in [0.2, 0.25) is 0 Å². The lowest BCUT2D eigenvalue weighted by molar-refractivity contribution is 0.669. The fraction of sp³-hybridized carbons (Fsp3) is 0. The quantitative estimate of drug-likeness (QED) is 0.162. The average Bonchev–Trinajstić information content (AvgIpc) is 3.67. The number of hydrogen-bond acceptors (Lipinski definition) is 2. The van der Waals surface area contributed by atoms with Crippen LogP contribution in [0.15, 0.2) is 229 Å². The summed E-state index contributed by atoms with van der Waals surface area (Å²) in [4.78, 5) is 2.39. The molecule has 0 aliphatic carbocycles. The molecule has 0 fully saturated rings. The molecule has 58 heavy (non-hydrogen) atoms. The van der Waals surface area contributed by atoms with Crippen LogP contribution >= 0.6 is 0 Å². The second kappa shape index (κ2) is 14.1. The highest BCUT2D eigenvalue weighted by atomic mass is 16.3. The first-order valence-corrected chi connectivity index (χ1v) is 19.8. The van der Waals surface area contributed by atoms with Crippen molar-refractivity contribution in [2.45, 2.75) is 0 Å². The predicted molar refractivity (Wildman–Crippen MR) is 245 cm³/mol. The molecular weight excluding hydrogens is 703 g/mol. The van der Waals surface area contributed by atoms with E-state index in [2.05, 4.69) is 217 Å². The fourth-order valence-corrected chi connectivity index (χ4v) is 8.63. The van der Waals surface area contributed by atoms with Crippen LogP contribution in [0, 0.1) is 0 Å². The molecule has 0 radical (unpaired) electrons. The zero-order valence-corrected chi connectivity index (χ0v) is 31.7. The van der Waals surface area contributed by atoms with E-state index in [1.165, 1.54) is 54.9 Å². The van der Waals surface area contributed by atoms with Crippen molar-refractivity contribution in [1.29, 1.82) is 0 Å². The summed E-state index contributed by atoms with van der Waals surface area (Å²) in [5.74, 6) is 0. The number of anilines is 3. The van der Waals surface area contributed by atoms with E-state index in [9.17, 15) is 0 Å². The van der Waals surface area contributed by atoms with Gasteiger partial charge in [0, 0.05) is 27.7 Å². The molecule has 11 aromatic rings. The highest BCUT2D eigenvalue weighted by Gasteiger charge is 2.19. The Morgan fingerprint density at radius 1 is 0.276 bits per heavy atom. The van der Waals surface area contributed by atoms with Crippen LogP contribution in [0.3, 0.4) is 0 Å². The number of para-hydroxylation sites is 2. The molecule has 0 saturated carbocycles. The minimum atomic E-state index is 0.892. The van der Waals surface area contributed by atoms with Gasteiger partial charge in [0.05, 0.1) is 5.69 Å². The molecule has 2 nitrogen and oxygen atoms in total. The van der Waals surface area contributed by atoms with Gasteiger partial charge in [-0.3, -0.25) is 0 Å². The van der Waals surface area contributed by atoms with Crippen LogP contribution in [0.4, 0.5) is 17.1 Å². The summed E-state index contributed by atoms with van der Waals surface area (Å²) in [5, 5.41) is 7.22. The molecule has 0 amide bonds. The summed E-state index contributed by atoms with van der Waals surface area (Å²) >= 11 is 0. The third-order valence-corrected chi connectivity index (χ3v) is 11.5. The van der Waals surface area contributed by atoms with Crippen LogP contribution in [0.25, 0.3) is 88.0 Å². The van der Waals surface area contributed by atoms with E-state index < -0.39 is 0 Å². The predicted octanol–water partition coefficient (Wildman–Crippen LogP) is 16.0. The van der Waals surface area contributed by atoms with E-state index in [-0.39, 0.29) is 0 Å². The Morgan fingerprint density at radius 3 is 1.55 bits per heavy atom. The SMILES string of the molecule is c1ccc(-c2ccc3ccccc3c2)c(-c2ccc(N(c3ccc(-c4cccc5ccccc45)cc3)c3ccccc3-c3ccc4oc5ccccc5c4c3)cc2)c1. The van der Waals surface area contributed by atoms with E-state index in [0.29, 0.717) is 0 Å². The van der Waals surface area contributed by atoms with Gasteiger partial charge in [0.2, 0.25) is 0 Å². The first kappa shape index (κ1) is 33.6. The zero-order valence-electron chi connectivity index (χ0n) is 31.7. The maximum atomic E-state index is 6.23. The van der Waals surface area contributed by atoms with Crippen LogP contribution in [-0.4, -0.2) is 0 Å². The van der Waals surface area contributed by atoms with Crippen LogP contribution in [0.5, 0.6) is 0 Å². The molecule has 0 aliphatic heterocycles. The number of rotatable bonds is 7. The number of fused-ring (bicyclic) bond motifs is 5. The summed E-state index contributed by atoms with van der Waals surface area (Å²) in [7, 11) is 0. The molecule has 0 saturated heterocycles. The standard InChI is InChI=1S/C56H37NO/c1-2-14-42-36-43(25-24-38(42)12-1)50-18-6-5-17-48(50)40-26-31-45(32-27-40)57(46-33-28-41(29-34-46)49-21-11-15-39-13-3-4-16-47(39)49)54-22-9-7-19-51(54)44-30-35-56-53(37-44)52-20-8-10-23-55(52)58-56/h1-37H. The van der Waals surface area contributed by atoms with Crippen molar-refractivity contribution in [3.8, 4) is 44.5 Å². The highest BCUT2D eigenvalue weighted by molar-refractivity contribution is 6.07. The van der Waals surface area contributed by atoms with Crippen LogP contribution < -0.4 is 4.90 Å². The molecule has 0 atom stereocenters. The molecule has 2 heteroatoms. The van der Waals surface area contributed by atoms with Gasteiger partial charge >= 0.3 is 0 Å². The third kappa shape index (κ3) is 5.91. The number of furan rings is 1. The van der Waals surface area contributed by atoms with E-state index in [1.807, 2.05) is 12.1 Å². The minimum absolute atomic E-state index is 0.892. The van der Waals surface area contributed by atoms with Crippen LogP contribution in [-0.2, 0) is 0 Å². The van der Waals surface area contributed by atoms with Gasteiger partial charge in [-0.15, -0.1) is 0 Å². The Kier molecular flexibility index (Phi) is 8.19. The summed E-state index contributed by atoms with van der Waals surface area (Å²) in [6.07, 6.45) is 0. The van der Waals surface area contributed by atoms with Crippen molar-refractivity contribution in [3.63, 3.8) is 0 Å². The Labute approximate surface area is 337 Å². The van der Waals surface area contributed by atoms with Gasteiger partial charge < -0.3 is 9.32 Å². The Bertz CT molecular complexity index is 3280. The summed E-state index contributed by atoms with van der Waals surface area (Å²) in [6.45, 7) is 0. The smallest absolute Gasteiger partial charge is 0.135 e. The topological polar surface area (TPSA) is 16.4 Å². The lowest BCUT2D eigenvalue weighted by atomic mass is 9.93. The normalized spacial score (nSPS) is 11.4. The molecule has 0 N–H and O–H groups in total. The number of hydrogen-bond donors (Lipinski definition) is 0. The molecule has 0 unspecified atom stereocenters. The Hall–Kier alpha value is -7.68. The molecule has 0 aliphatic rings. The minimum Gasteiger partial charge on any atom is -0.456 e. The van der Waals surface area contributed by atoms with Gasteiger partial charge in [0.15, 0.2) is 0 Å². The van der Waals surface area contributed by atoms with E-state index in [1.54, 1.807) is 0 Å². The van der Waals surface area contributed by atoms with Crippen molar-refractivity contribution in [1.82, 2.24) is 0 Å². The number of benzene rings is 10. The molecule has 1 aromatic heterocycles. The van der Waals surface area contributed by atoms with Crippen molar-refractivity contribution >= 4 is 60.5 Å². The summed E-state index contributed by atoms with van der Waals surface area (Å²) < 4.78 is 6.23. The maximum Gasteiger partial charge on any atom is 0.135 e. The second-order valence-electron chi connectivity index (χ2n) is 14.9. The fourth-order valence-electron chi connectivity index (χ4n) is 8.63. The van der Waals surface area contributed by atoms with Gasteiger partial charge in [0.25, 0.3) is 0 Å². The van der Waals surface area contributed by atoms with Gasteiger partial charge in [-0.05, 0) is 115 Å². The largest absolute Gasteiger partial charge is 0.456 e. The summed E-state index contributed by atoms with van der Waals surface area (Å²) in [6, 6.07) is 80.8. The first-order valence-electron chi connectivity index (χ1n) is 19.8. The zero-order chi connectivity index (χ0) is 38.4. The van der Waals surface area contributed by atoms with Crippen molar-refractivity contribution in [2.75, 3.05) is 4.90 Å². The number of nitrogens with zero attached hydrogens (tertiary/aromatic N) is 1. The molecule has 1 heterocycles. The highest BCUT2D eigenvalue weighted by Crippen LogP contribution is 2.44.